The van der Waals surface area contributed by atoms with E-state index in [-0.39, 0.29) is 11.6 Å². The van der Waals surface area contributed by atoms with Crippen LogP contribution in [0.3, 0.4) is 0 Å². The maximum absolute atomic E-state index is 14.0. The predicted molar refractivity (Wildman–Crippen MR) is 140 cm³/mol. The molecule has 2 aromatic carbocycles. The van der Waals surface area contributed by atoms with Gasteiger partial charge in [0.15, 0.2) is 0 Å². The Labute approximate surface area is 212 Å². The summed E-state index contributed by atoms with van der Waals surface area (Å²) in [6.07, 6.45) is -2.07. The highest BCUT2D eigenvalue weighted by Crippen LogP contribution is 2.40. The van der Waals surface area contributed by atoms with E-state index in [0.29, 0.717) is 16.6 Å². The molecule has 0 radical (unpaired) electrons. The number of alkyl halides is 3. The third-order valence-electron chi connectivity index (χ3n) is 6.52. The summed E-state index contributed by atoms with van der Waals surface area (Å²) in [6.45, 7) is 5.57. The van der Waals surface area contributed by atoms with Gasteiger partial charge in [0.2, 0.25) is 5.95 Å². The smallest absolute Gasteiger partial charge is 0.350 e. The highest BCUT2D eigenvalue weighted by atomic mass is 19.4. The number of aryl methyl sites for hydroxylation is 3. The lowest BCUT2D eigenvalue weighted by atomic mass is 10.0. The Morgan fingerprint density at radius 3 is 2.57 bits per heavy atom. The minimum atomic E-state index is -4.60. The molecule has 0 aliphatic heterocycles. The van der Waals surface area contributed by atoms with Crippen LogP contribution in [0.25, 0.3) is 33.2 Å². The van der Waals surface area contributed by atoms with Crippen molar-refractivity contribution in [3.8, 4) is 11.3 Å². The van der Waals surface area contributed by atoms with Gasteiger partial charge in [-0.05, 0) is 51.7 Å². The normalized spacial score (nSPS) is 12.2. The molecule has 37 heavy (non-hydrogen) atoms. The van der Waals surface area contributed by atoms with Gasteiger partial charge in [-0.15, -0.1) is 0 Å². The van der Waals surface area contributed by atoms with E-state index in [2.05, 4.69) is 29.7 Å². The summed E-state index contributed by atoms with van der Waals surface area (Å²) in [4.78, 5) is 15.1. The molecule has 0 aliphatic rings. The number of nitrogens with zero attached hydrogens (tertiary/aromatic N) is 6. The number of anilines is 2. The zero-order valence-electron chi connectivity index (χ0n) is 21.4. The molecule has 1 N–H and O–H groups in total. The molecule has 0 bridgehead atoms. The zero-order chi connectivity index (χ0) is 26.5. The number of benzene rings is 2. The van der Waals surface area contributed by atoms with Crippen molar-refractivity contribution in [2.24, 2.45) is 7.05 Å². The fourth-order valence-corrected chi connectivity index (χ4v) is 4.76. The quantitative estimate of drug-likeness (QED) is 0.309. The van der Waals surface area contributed by atoms with Crippen molar-refractivity contribution in [3.63, 3.8) is 0 Å². The molecule has 5 rings (SSSR count). The van der Waals surface area contributed by atoms with E-state index in [9.17, 15) is 13.2 Å². The number of para-hydroxylation sites is 1. The van der Waals surface area contributed by atoms with Crippen LogP contribution in [0.4, 0.5) is 24.8 Å². The first-order valence-corrected chi connectivity index (χ1v) is 11.9. The largest absolute Gasteiger partial charge is 0.419 e. The Hall–Kier alpha value is -3.92. The molecule has 3 heterocycles. The average molecular weight is 508 g/mol. The van der Waals surface area contributed by atoms with Gasteiger partial charge >= 0.3 is 6.18 Å². The predicted octanol–water partition coefficient (Wildman–Crippen LogP) is 5.93. The number of aromatic nitrogens is 5. The highest BCUT2D eigenvalue weighted by Gasteiger charge is 2.36. The summed E-state index contributed by atoms with van der Waals surface area (Å²) in [5, 5.41) is 3.78. The monoisotopic (exact) mass is 507 g/mol. The van der Waals surface area contributed by atoms with E-state index in [1.807, 2.05) is 76.0 Å². The van der Waals surface area contributed by atoms with Crippen molar-refractivity contribution in [3.05, 3.63) is 65.7 Å². The Balaban J connectivity index is 1.55. The van der Waals surface area contributed by atoms with E-state index in [0.717, 1.165) is 47.2 Å². The maximum Gasteiger partial charge on any atom is 0.419 e. The molecule has 0 amide bonds. The summed E-state index contributed by atoms with van der Waals surface area (Å²) < 4.78 is 45.9. The summed E-state index contributed by atoms with van der Waals surface area (Å²) in [5.41, 5.74) is 3.63. The third kappa shape index (κ3) is 4.64. The van der Waals surface area contributed by atoms with Crippen LogP contribution >= 0.6 is 0 Å². The average Bonchev–Trinajstić information content (AvgIpc) is 3.33. The number of imidazole rings is 1. The fourth-order valence-electron chi connectivity index (χ4n) is 4.76. The minimum absolute atomic E-state index is 0.0794. The summed E-state index contributed by atoms with van der Waals surface area (Å²) in [6, 6.07) is 11.3. The molecule has 0 fully saturated rings. The van der Waals surface area contributed by atoms with Gasteiger partial charge in [0.05, 0.1) is 22.2 Å². The van der Waals surface area contributed by atoms with Crippen LogP contribution in [0.5, 0.6) is 0 Å². The SMILES string of the molecule is Cc1cccc2c(-c3nc(Nc4ccc5c(c4)nc(C)n5CCN(C)C)ncc3C(F)(F)F)cn(C)c12. The van der Waals surface area contributed by atoms with Crippen LogP contribution in [0, 0.1) is 13.8 Å². The van der Waals surface area contributed by atoms with Gasteiger partial charge in [0.25, 0.3) is 0 Å². The zero-order valence-corrected chi connectivity index (χ0v) is 21.4. The second kappa shape index (κ2) is 9.19. The molecule has 5 aromatic rings. The number of hydrogen-bond donors (Lipinski definition) is 1. The molecule has 0 unspecified atom stereocenters. The van der Waals surface area contributed by atoms with Crippen molar-refractivity contribution in [1.29, 1.82) is 0 Å². The van der Waals surface area contributed by atoms with Gasteiger partial charge in [-0.1, -0.05) is 18.2 Å². The van der Waals surface area contributed by atoms with Crippen molar-refractivity contribution >= 4 is 33.6 Å². The molecule has 0 aliphatic carbocycles. The summed E-state index contributed by atoms with van der Waals surface area (Å²) in [5.74, 6) is 0.976. The van der Waals surface area contributed by atoms with E-state index in [1.54, 1.807) is 6.20 Å². The van der Waals surface area contributed by atoms with Gasteiger partial charge in [-0.2, -0.15) is 13.2 Å². The van der Waals surface area contributed by atoms with Gasteiger partial charge in [-0.3, -0.25) is 0 Å². The maximum atomic E-state index is 14.0. The Bertz CT molecular complexity index is 1610. The number of likely N-dealkylation sites (N-methyl/N-ethyl adjacent to an activating group) is 1. The number of rotatable bonds is 6. The molecule has 192 valence electrons. The van der Waals surface area contributed by atoms with Crippen molar-refractivity contribution in [2.75, 3.05) is 26.0 Å². The van der Waals surface area contributed by atoms with Crippen LogP contribution < -0.4 is 5.32 Å². The lowest BCUT2D eigenvalue weighted by molar-refractivity contribution is -0.137. The van der Waals surface area contributed by atoms with Crippen LogP contribution in [-0.4, -0.2) is 49.6 Å². The molecule has 7 nitrogen and oxygen atoms in total. The lowest BCUT2D eigenvalue weighted by Gasteiger charge is -2.14. The number of hydrogen-bond acceptors (Lipinski definition) is 5. The first-order valence-electron chi connectivity index (χ1n) is 11.9. The first-order chi connectivity index (χ1) is 17.5. The highest BCUT2D eigenvalue weighted by molar-refractivity contribution is 5.97. The Morgan fingerprint density at radius 1 is 1.05 bits per heavy atom. The molecule has 0 saturated heterocycles. The minimum Gasteiger partial charge on any atom is -0.350 e. The van der Waals surface area contributed by atoms with Gasteiger partial charge in [-0.25, -0.2) is 15.0 Å². The molecular weight excluding hydrogens is 479 g/mol. The summed E-state index contributed by atoms with van der Waals surface area (Å²) >= 11 is 0. The van der Waals surface area contributed by atoms with E-state index >= 15 is 0 Å². The number of nitrogens with one attached hydrogen (secondary N) is 1. The van der Waals surface area contributed by atoms with Gasteiger partial charge < -0.3 is 19.4 Å². The first kappa shape index (κ1) is 24.8. The molecule has 3 aromatic heterocycles. The topological polar surface area (TPSA) is 63.8 Å². The van der Waals surface area contributed by atoms with Crippen LogP contribution in [0.2, 0.25) is 0 Å². The van der Waals surface area contributed by atoms with E-state index in [4.69, 9.17) is 0 Å². The molecule has 0 atom stereocenters. The molecule has 0 saturated carbocycles. The molecule has 0 spiro atoms. The summed E-state index contributed by atoms with van der Waals surface area (Å²) in [7, 11) is 5.86. The standard InChI is InChI=1S/C27H28F3N7/c1-16-7-6-8-19-20(15-36(5)25(16)19)24-21(27(28,29)30)14-31-26(34-24)33-18-9-10-23-22(13-18)32-17(2)37(23)12-11-35(3)4/h6-10,13-15H,11-12H2,1-5H3,(H,31,33,34). The van der Waals surface area contributed by atoms with E-state index < -0.39 is 11.7 Å². The number of fused-ring (bicyclic) bond motifs is 2. The Morgan fingerprint density at radius 2 is 1.84 bits per heavy atom. The van der Waals surface area contributed by atoms with Crippen molar-refractivity contribution in [1.82, 2.24) is 29.0 Å². The van der Waals surface area contributed by atoms with Crippen LogP contribution in [0.1, 0.15) is 17.0 Å². The molecular formula is C27H28F3N7. The lowest BCUT2D eigenvalue weighted by Crippen LogP contribution is -2.18. The van der Waals surface area contributed by atoms with Crippen molar-refractivity contribution < 1.29 is 13.2 Å². The third-order valence-corrected chi connectivity index (χ3v) is 6.52. The number of halogens is 3. The van der Waals surface area contributed by atoms with Gasteiger partial charge in [0, 0.05) is 49.2 Å². The van der Waals surface area contributed by atoms with Gasteiger partial charge in [0.1, 0.15) is 11.4 Å². The Kier molecular flexibility index (Phi) is 6.15. The fraction of sp³-hybridized carbons (Fsp3) is 0.296. The van der Waals surface area contributed by atoms with Crippen LogP contribution in [-0.2, 0) is 19.8 Å². The van der Waals surface area contributed by atoms with Crippen molar-refractivity contribution in [2.45, 2.75) is 26.6 Å². The molecule has 10 heteroatoms. The van der Waals surface area contributed by atoms with Crippen LogP contribution in [0.15, 0.2) is 48.8 Å². The second-order valence-electron chi connectivity index (χ2n) is 9.52. The van der Waals surface area contributed by atoms with E-state index in [1.165, 1.54) is 0 Å². The second-order valence-corrected chi connectivity index (χ2v) is 9.52.